The van der Waals surface area contributed by atoms with Gasteiger partial charge in [0, 0.05) is 10.4 Å². The van der Waals surface area contributed by atoms with Crippen LogP contribution >= 0.6 is 15.9 Å². The van der Waals surface area contributed by atoms with Crippen molar-refractivity contribution >= 4 is 33.5 Å². The van der Waals surface area contributed by atoms with Crippen LogP contribution in [0.4, 0.5) is 5.69 Å². The number of ether oxygens (including phenoxy) is 1. The number of hydrogen-bond donors (Lipinski definition) is 1. The van der Waals surface area contributed by atoms with Crippen LogP contribution in [0.25, 0.3) is 5.69 Å². The number of aromatic nitrogens is 2. The van der Waals surface area contributed by atoms with Crippen LogP contribution < -0.4 is 5.32 Å². The zero-order valence-corrected chi connectivity index (χ0v) is 14.8. The summed E-state index contributed by atoms with van der Waals surface area (Å²) in [4.78, 5) is 24.0. The minimum absolute atomic E-state index is 0.0841. The van der Waals surface area contributed by atoms with Gasteiger partial charge in [0.05, 0.1) is 24.2 Å². The fourth-order valence-corrected chi connectivity index (χ4v) is 2.23. The summed E-state index contributed by atoms with van der Waals surface area (Å²) >= 11 is 3.40. The third-order valence-corrected chi connectivity index (χ3v) is 3.53. The Balaban J connectivity index is 2.42. The predicted molar refractivity (Wildman–Crippen MR) is 90.7 cm³/mol. The van der Waals surface area contributed by atoms with E-state index in [9.17, 15) is 9.59 Å². The van der Waals surface area contributed by atoms with Crippen molar-refractivity contribution in [1.29, 1.82) is 0 Å². The number of benzene rings is 1. The van der Waals surface area contributed by atoms with Gasteiger partial charge in [-0.05, 0) is 25.1 Å². The summed E-state index contributed by atoms with van der Waals surface area (Å²) in [5, 5.41) is 6.98. The van der Waals surface area contributed by atoms with Crippen molar-refractivity contribution in [2.75, 3.05) is 11.9 Å². The van der Waals surface area contributed by atoms with E-state index in [0.717, 1.165) is 10.2 Å². The van der Waals surface area contributed by atoms with Crippen LogP contribution in [0, 0.1) is 5.92 Å². The molecule has 0 unspecified atom stereocenters. The normalized spacial score (nSPS) is 10.7. The molecule has 1 aromatic carbocycles. The number of rotatable bonds is 5. The fraction of sp³-hybridized carbons (Fsp3) is 0.312. The van der Waals surface area contributed by atoms with E-state index >= 15 is 0 Å². The van der Waals surface area contributed by atoms with Gasteiger partial charge < -0.3 is 10.1 Å². The third-order valence-electron chi connectivity index (χ3n) is 3.04. The summed E-state index contributed by atoms with van der Waals surface area (Å²) in [5.41, 5.74) is 1.18. The smallest absolute Gasteiger partial charge is 0.361 e. The van der Waals surface area contributed by atoms with Gasteiger partial charge in [-0.1, -0.05) is 35.8 Å². The molecule has 1 aromatic heterocycles. The molecule has 0 aliphatic rings. The van der Waals surface area contributed by atoms with E-state index in [0.29, 0.717) is 5.69 Å². The molecule has 6 nitrogen and oxygen atoms in total. The molecule has 0 fully saturated rings. The highest BCUT2D eigenvalue weighted by Crippen LogP contribution is 2.21. The Morgan fingerprint density at radius 3 is 2.74 bits per heavy atom. The van der Waals surface area contributed by atoms with Crippen molar-refractivity contribution in [1.82, 2.24) is 9.78 Å². The third kappa shape index (κ3) is 4.19. The zero-order chi connectivity index (χ0) is 17.0. The van der Waals surface area contributed by atoms with Crippen LogP contribution in [0.1, 0.15) is 31.3 Å². The quantitative estimate of drug-likeness (QED) is 0.807. The molecule has 2 rings (SSSR count). The molecule has 0 aliphatic heterocycles. The highest BCUT2D eigenvalue weighted by molar-refractivity contribution is 9.10. The van der Waals surface area contributed by atoms with Crippen LogP contribution in [-0.4, -0.2) is 28.3 Å². The number of carbonyl (C=O) groups is 2. The van der Waals surface area contributed by atoms with Gasteiger partial charge in [0.15, 0.2) is 5.69 Å². The first kappa shape index (κ1) is 17.2. The summed E-state index contributed by atoms with van der Waals surface area (Å²) in [5.74, 6) is -0.969. The lowest BCUT2D eigenvalue weighted by atomic mass is 10.2. The Morgan fingerprint density at radius 1 is 1.39 bits per heavy atom. The first-order valence-corrected chi connectivity index (χ1v) is 8.05. The highest BCUT2D eigenvalue weighted by atomic mass is 79.9. The maximum atomic E-state index is 12.1. The van der Waals surface area contributed by atoms with Crippen LogP contribution in [-0.2, 0) is 9.53 Å². The summed E-state index contributed by atoms with van der Waals surface area (Å²) in [6, 6.07) is 7.45. The van der Waals surface area contributed by atoms with E-state index in [1.54, 1.807) is 27.0 Å². The molecule has 0 bridgehead atoms. The molecule has 1 amide bonds. The molecule has 0 spiro atoms. The highest BCUT2D eigenvalue weighted by Gasteiger charge is 2.21. The Bertz CT molecular complexity index is 725. The molecule has 0 saturated carbocycles. The van der Waals surface area contributed by atoms with E-state index in [-0.39, 0.29) is 24.1 Å². The van der Waals surface area contributed by atoms with Crippen molar-refractivity contribution in [3.8, 4) is 5.69 Å². The van der Waals surface area contributed by atoms with Crippen molar-refractivity contribution in [3.05, 3.63) is 40.6 Å². The standard InChI is InChI=1S/C16H18BrN3O3/c1-4-23-16(22)14-13(18-15(21)10(2)3)9-20(19-14)12-7-5-6-11(17)8-12/h5-10H,4H2,1-3H3,(H,18,21). The molecule has 23 heavy (non-hydrogen) atoms. The lowest BCUT2D eigenvalue weighted by molar-refractivity contribution is -0.118. The lowest BCUT2D eigenvalue weighted by Crippen LogP contribution is -2.19. The minimum atomic E-state index is -0.569. The minimum Gasteiger partial charge on any atom is -0.461 e. The van der Waals surface area contributed by atoms with Crippen molar-refractivity contribution in [2.24, 2.45) is 5.92 Å². The van der Waals surface area contributed by atoms with E-state index in [4.69, 9.17) is 4.74 Å². The lowest BCUT2D eigenvalue weighted by Gasteiger charge is -2.06. The van der Waals surface area contributed by atoms with Gasteiger partial charge in [-0.25, -0.2) is 9.48 Å². The topological polar surface area (TPSA) is 73.2 Å². The summed E-state index contributed by atoms with van der Waals surface area (Å²) in [7, 11) is 0. The van der Waals surface area contributed by atoms with Gasteiger partial charge in [-0.3, -0.25) is 4.79 Å². The largest absolute Gasteiger partial charge is 0.461 e. The summed E-state index contributed by atoms with van der Waals surface area (Å²) in [6.07, 6.45) is 1.61. The van der Waals surface area contributed by atoms with Crippen LogP contribution in [0.3, 0.4) is 0 Å². The first-order valence-electron chi connectivity index (χ1n) is 7.26. The number of hydrogen-bond acceptors (Lipinski definition) is 4. The average molecular weight is 380 g/mol. The van der Waals surface area contributed by atoms with Crippen LogP contribution in [0.15, 0.2) is 34.9 Å². The second kappa shape index (κ2) is 7.41. The predicted octanol–water partition coefficient (Wildman–Crippen LogP) is 3.41. The average Bonchev–Trinajstić information content (AvgIpc) is 2.91. The Kier molecular flexibility index (Phi) is 5.54. The number of nitrogens with zero attached hydrogens (tertiary/aromatic N) is 2. The molecule has 0 aliphatic carbocycles. The summed E-state index contributed by atoms with van der Waals surface area (Å²) in [6.45, 7) is 5.51. The Labute approximate surface area is 143 Å². The SMILES string of the molecule is CCOC(=O)c1nn(-c2cccc(Br)c2)cc1NC(=O)C(C)C. The maximum Gasteiger partial charge on any atom is 0.361 e. The molecule has 0 saturated heterocycles. The van der Waals surface area contributed by atoms with E-state index in [1.807, 2.05) is 24.3 Å². The first-order chi connectivity index (χ1) is 10.9. The van der Waals surface area contributed by atoms with Crippen molar-refractivity contribution in [3.63, 3.8) is 0 Å². The van der Waals surface area contributed by atoms with Crippen LogP contribution in [0.2, 0.25) is 0 Å². The molecular weight excluding hydrogens is 362 g/mol. The maximum absolute atomic E-state index is 12.1. The molecule has 1 heterocycles. The number of anilines is 1. The van der Waals surface area contributed by atoms with Crippen molar-refractivity contribution in [2.45, 2.75) is 20.8 Å². The number of carbonyl (C=O) groups excluding carboxylic acids is 2. The van der Waals surface area contributed by atoms with Gasteiger partial charge in [-0.2, -0.15) is 5.10 Å². The number of esters is 1. The summed E-state index contributed by atoms with van der Waals surface area (Å²) < 4.78 is 7.43. The number of nitrogens with one attached hydrogen (secondary N) is 1. The monoisotopic (exact) mass is 379 g/mol. The van der Waals surface area contributed by atoms with E-state index in [2.05, 4.69) is 26.3 Å². The van der Waals surface area contributed by atoms with Gasteiger partial charge in [0.2, 0.25) is 5.91 Å². The fourth-order valence-electron chi connectivity index (χ4n) is 1.84. The van der Waals surface area contributed by atoms with Gasteiger partial charge in [0.25, 0.3) is 0 Å². The zero-order valence-electron chi connectivity index (χ0n) is 13.2. The molecule has 1 N–H and O–H groups in total. The van der Waals surface area contributed by atoms with Gasteiger partial charge in [-0.15, -0.1) is 0 Å². The number of amides is 1. The van der Waals surface area contributed by atoms with Gasteiger partial charge in [0.1, 0.15) is 0 Å². The van der Waals surface area contributed by atoms with Crippen LogP contribution in [0.5, 0.6) is 0 Å². The molecule has 0 atom stereocenters. The molecule has 122 valence electrons. The van der Waals surface area contributed by atoms with Gasteiger partial charge >= 0.3 is 5.97 Å². The second-order valence-electron chi connectivity index (χ2n) is 5.18. The Hall–Kier alpha value is -2.15. The number of halogens is 1. The molecule has 0 radical (unpaired) electrons. The van der Waals surface area contributed by atoms with Crippen molar-refractivity contribution < 1.29 is 14.3 Å². The molecular formula is C16H18BrN3O3. The Morgan fingerprint density at radius 2 is 2.13 bits per heavy atom. The molecule has 2 aromatic rings. The van der Waals surface area contributed by atoms with E-state index < -0.39 is 5.97 Å². The van der Waals surface area contributed by atoms with E-state index in [1.165, 1.54) is 4.68 Å². The second-order valence-corrected chi connectivity index (χ2v) is 6.10. The molecule has 7 heteroatoms.